The molecule has 0 saturated carbocycles. The topological polar surface area (TPSA) is 43.3 Å². The molecule has 1 aromatic rings. The Morgan fingerprint density at radius 3 is 2.59 bits per heavy atom. The van der Waals surface area contributed by atoms with Crippen molar-refractivity contribution in [3.05, 3.63) is 30.3 Å². The predicted octanol–water partition coefficient (Wildman–Crippen LogP) is 2.75. The molecule has 0 radical (unpaired) electrons. The van der Waals surface area contributed by atoms with Crippen LogP contribution in [0.4, 0.5) is 5.69 Å². The van der Waals surface area contributed by atoms with Crippen molar-refractivity contribution in [1.29, 1.82) is 0 Å². The third-order valence-electron chi connectivity index (χ3n) is 5.81. The second-order valence-corrected chi connectivity index (χ2v) is 7.96. The fraction of sp³-hybridized carbons (Fsp3) is 0.682. The Morgan fingerprint density at radius 1 is 1.17 bits per heavy atom. The molecule has 2 heterocycles. The number of benzene rings is 1. The monoisotopic (exact) mass is 515 g/mol. The lowest BCUT2D eigenvalue weighted by atomic mass is 10.1. The summed E-state index contributed by atoms with van der Waals surface area (Å²) in [5, 5.41) is 3.52. The maximum Gasteiger partial charge on any atom is 0.193 e. The second kappa shape index (κ2) is 13.3. The number of nitrogens with zero attached hydrogens (tertiary/aromatic N) is 4. The predicted molar refractivity (Wildman–Crippen MR) is 133 cm³/mol. The van der Waals surface area contributed by atoms with Crippen molar-refractivity contribution in [2.24, 2.45) is 10.9 Å². The van der Waals surface area contributed by atoms with Crippen molar-refractivity contribution in [2.75, 3.05) is 78.0 Å². The van der Waals surface area contributed by atoms with Gasteiger partial charge in [0, 0.05) is 71.6 Å². The highest BCUT2D eigenvalue weighted by atomic mass is 127. The number of para-hydroxylation sites is 1. The van der Waals surface area contributed by atoms with Crippen molar-refractivity contribution in [1.82, 2.24) is 15.1 Å². The number of anilines is 1. The van der Waals surface area contributed by atoms with Gasteiger partial charge in [-0.25, -0.2) is 0 Å². The summed E-state index contributed by atoms with van der Waals surface area (Å²) in [4.78, 5) is 11.8. The maximum absolute atomic E-state index is 5.48. The number of ether oxygens (including phenoxy) is 1. The van der Waals surface area contributed by atoms with Crippen LogP contribution in [0.1, 0.15) is 19.3 Å². The molecule has 2 aliphatic rings. The third-order valence-corrected chi connectivity index (χ3v) is 5.81. The van der Waals surface area contributed by atoms with E-state index >= 15 is 0 Å². The van der Waals surface area contributed by atoms with Gasteiger partial charge in [0.1, 0.15) is 0 Å². The molecule has 0 aliphatic carbocycles. The first kappa shape index (κ1) is 24.2. The summed E-state index contributed by atoms with van der Waals surface area (Å²) in [6.07, 6.45) is 3.58. The lowest BCUT2D eigenvalue weighted by Crippen LogP contribution is -2.46. The van der Waals surface area contributed by atoms with E-state index in [9.17, 15) is 0 Å². The summed E-state index contributed by atoms with van der Waals surface area (Å²) in [5.74, 6) is 1.64. The van der Waals surface area contributed by atoms with Crippen LogP contribution in [0.25, 0.3) is 0 Å². The van der Waals surface area contributed by atoms with Crippen LogP contribution in [0, 0.1) is 5.92 Å². The zero-order valence-corrected chi connectivity index (χ0v) is 20.4. The Hall–Kier alpha value is -1.06. The van der Waals surface area contributed by atoms with E-state index in [4.69, 9.17) is 4.74 Å². The van der Waals surface area contributed by atoms with Gasteiger partial charge < -0.3 is 19.9 Å². The highest BCUT2D eigenvalue weighted by Crippen LogP contribution is 2.16. The van der Waals surface area contributed by atoms with Crippen LogP contribution < -0.4 is 10.2 Å². The summed E-state index contributed by atoms with van der Waals surface area (Å²) >= 11 is 0. The average molecular weight is 515 g/mol. The highest BCUT2D eigenvalue weighted by molar-refractivity contribution is 14.0. The first-order chi connectivity index (χ1) is 13.8. The molecule has 2 aliphatic heterocycles. The summed E-state index contributed by atoms with van der Waals surface area (Å²) in [6, 6.07) is 10.8. The molecule has 3 rings (SSSR count). The molecule has 0 spiro atoms. The van der Waals surface area contributed by atoms with E-state index in [0.29, 0.717) is 5.92 Å². The van der Waals surface area contributed by atoms with Crippen LogP contribution in [0.15, 0.2) is 35.3 Å². The van der Waals surface area contributed by atoms with Gasteiger partial charge in [-0.15, -0.1) is 24.0 Å². The minimum absolute atomic E-state index is 0. The first-order valence-electron chi connectivity index (χ1n) is 10.8. The van der Waals surface area contributed by atoms with Gasteiger partial charge in [-0.1, -0.05) is 18.2 Å². The molecule has 6 nitrogen and oxygen atoms in total. The molecule has 0 amide bonds. The molecule has 1 aromatic carbocycles. The van der Waals surface area contributed by atoms with Crippen LogP contribution in [0.2, 0.25) is 0 Å². The van der Waals surface area contributed by atoms with Crippen molar-refractivity contribution < 1.29 is 4.74 Å². The van der Waals surface area contributed by atoms with Crippen LogP contribution in [0.5, 0.6) is 0 Å². The Bertz CT molecular complexity index is 586. The first-order valence-corrected chi connectivity index (χ1v) is 10.8. The average Bonchev–Trinajstić information content (AvgIpc) is 3.24. The van der Waals surface area contributed by atoms with E-state index in [1.54, 1.807) is 0 Å². The van der Waals surface area contributed by atoms with Gasteiger partial charge in [0.05, 0.1) is 6.61 Å². The van der Waals surface area contributed by atoms with Crippen LogP contribution >= 0.6 is 24.0 Å². The molecule has 0 bridgehead atoms. The lowest BCUT2D eigenvalue weighted by molar-refractivity contribution is 0.181. The molecule has 0 aromatic heterocycles. The fourth-order valence-electron chi connectivity index (χ4n) is 4.11. The van der Waals surface area contributed by atoms with E-state index in [2.05, 4.69) is 62.4 Å². The fourth-order valence-corrected chi connectivity index (χ4v) is 4.11. The van der Waals surface area contributed by atoms with Crippen molar-refractivity contribution in [2.45, 2.75) is 19.3 Å². The van der Waals surface area contributed by atoms with Crippen molar-refractivity contribution in [3.8, 4) is 0 Å². The second-order valence-electron chi connectivity index (χ2n) is 7.96. The highest BCUT2D eigenvalue weighted by Gasteiger charge is 2.19. The van der Waals surface area contributed by atoms with E-state index in [0.717, 1.165) is 58.4 Å². The van der Waals surface area contributed by atoms with Gasteiger partial charge in [-0.2, -0.15) is 0 Å². The summed E-state index contributed by atoms with van der Waals surface area (Å²) in [5.41, 5.74) is 1.35. The number of rotatable bonds is 8. The number of piperazine rings is 1. The summed E-state index contributed by atoms with van der Waals surface area (Å²) in [7, 11) is 4.00. The lowest BCUT2D eigenvalue weighted by Gasteiger charge is -2.36. The Kier molecular flexibility index (Phi) is 11.1. The van der Waals surface area contributed by atoms with Gasteiger partial charge in [0.2, 0.25) is 0 Å². The molecule has 2 fully saturated rings. The number of halogens is 1. The van der Waals surface area contributed by atoms with E-state index in [1.165, 1.54) is 31.5 Å². The number of hydrogen-bond acceptors (Lipinski definition) is 4. The molecular formula is C22H38IN5O. The van der Waals surface area contributed by atoms with Gasteiger partial charge in [-0.3, -0.25) is 9.89 Å². The Morgan fingerprint density at radius 2 is 1.93 bits per heavy atom. The van der Waals surface area contributed by atoms with Crippen molar-refractivity contribution >= 4 is 35.6 Å². The van der Waals surface area contributed by atoms with Crippen LogP contribution in [-0.4, -0.2) is 88.9 Å². The van der Waals surface area contributed by atoms with E-state index < -0.39 is 0 Å². The van der Waals surface area contributed by atoms with Crippen molar-refractivity contribution in [3.63, 3.8) is 0 Å². The molecule has 164 valence electrons. The third kappa shape index (κ3) is 7.94. The molecule has 1 unspecified atom stereocenters. The SMILES string of the molecule is CN=C(NCCCCN1CCN(c2ccccc2)CC1)N(C)CC1CCOC1.I. The van der Waals surface area contributed by atoms with E-state index in [-0.39, 0.29) is 24.0 Å². The maximum atomic E-state index is 5.48. The number of hydrogen-bond donors (Lipinski definition) is 1. The summed E-state index contributed by atoms with van der Waals surface area (Å²) in [6.45, 7) is 9.58. The molecule has 7 heteroatoms. The van der Waals surface area contributed by atoms with Crippen LogP contribution in [0.3, 0.4) is 0 Å². The van der Waals surface area contributed by atoms with Gasteiger partial charge >= 0.3 is 0 Å². The minimum Gasteiger partial charge on any atom is -0.381 e. The Balaban J connectivity index is 0.00000300. The molecule has 1 N–H and O–H groups in total. The number of unbranched alkanes of at least 4 members (excludes halogenated alkanes) is 1. The number of nitrogens with one attached hydrogen (secondary N) is 1. The van der Waals surface area contributed by atoms with Gasteiger partial charge in [-0.05, 0) is 37.9 Å². The molecule has 29 heavy (non-hydrogen) atoms. The normalized spacial score (nSPS) is 20.4. The van der Waals surface area contributed by atoms with Crippen LogP contribution in [-0.2, 0) is 4.74 Å². The van der Waals surface area contributed by atoms with E-state index in [1.807, 2.05) is 7.05 Å². The number of guanidine groups is 1. The standard InChI is InChI=1S/C22H37N5O.HI/c1-23-22(25(2)18-20-10-17-28-19-20)24-11-6-7-12-26-13-15-27(16-14-26)21-8-4-3-5-9-21;/h3-5,8-9,20H,6-7,10-19H2,1-2H3,(H,23,24);1H. The molecule has 2 saturated heterocycles. The zero-order chi connectivity index (χ0) is 19.6. The smallest absolute Gasteiger partial charge is 0.193 e. The molecular weight excluding hydrogens is 477 g/mol. The minimum atomic E-state index is 0. The zero-order valence-electron chi connectivity index (χ0n) is 18.1. The molecule has 1 atom stereocenters. The largest absolute Gasteiger partial charge is 0.381 e. The van der Waals surface area contributed by atoms with Gasteiger partial charge in [0.25, 0.3) is 0 Å². The number of aliphatic imine (C=N–C) groups is 1. The van der Waals surface area contributed by atoms with Gasteiger partial charge in [0.15, 0.2) is 5.96 Å². The quantitative estimate of drug-likeness (QED) is 0.250. The summed E-state index contributed by atoms with van der Waals surface area (Å²) < 4.78 is 5.48. The Labute approximate surface area is 193 Å².